The second-order valence-corrected chi connectivity index (χ2v) is 3.95. The number of allylic oxidation sites excluding steroid dienone is 2. The Bertz CT molecular complexity index is 340. The molecular weight excluding hydrogens is 196 g/mol. The summed E-state index contributed by atoms with van der Waals surface area (Å²) < 4.78 is 0. The third kappa shape index (κ3) is 1.67. The molecule has 0 aromatic carbocycles. The molecule has 0 saturated heterocycles. The van der Waals surface area contributed by atoms with E-state index in [-0.39, 0.29) is 5.92 Å². The first-order chi connectivity index (χ1) is 6.93. The Hall–Kier alpha value is -1.58. The number of aliphatic carboxylic acids is 2. The van der Waals surface area contributed by atoms with Gasteiger partial charge in [-0.05, 0) is 5.92 Å². The molecule has 4 heteroatoms. The molecule has 0 amide bonds. The second-order valence-electron chi connectivity index (χ2n) is 3.95. The highest BCUT2D eigenvalue weighted by Gasteiger charge is 2.49. The summed E-state index contributed by atoms with van der Waals surface area (Å²) in [7, 11) is 0. The summed E-state index contributed by atoms with van der Waals surface area (Å²) in [4.78, 5) is 22.3. The van der Waals surface area contributed by atoms with Crippen molar-refractivity contribution < 1.29 is 19.8 Å². The van der Waals surface area contributed by atoms with Gasteiger partial charge in [0, 0.05) is 0 Å². The van der Waals surface area contributed by atoms with Gasteiger partial charge in [-0.2, -0.15) is 0 Å². The van der Waals surface area contributed by atoms with Gasteiger partial charge in [0.25, 0.3) is 0 Å². The van der Waals surface area contributed by atoms with Gasteiger partial charge in [0.15, 0.2) is 0 Å². The number of rotatable bonds is 3. The molecule has 0 bridgehead atoms. The molecule has 2 atom stereocenters. The molecule has 15 heavy (non-hydrogen) atoms. The maximum atomic E-state index is 11.3. The van der Waals surface area contributed by atoms with Crippen molar-refractivity contribution in [3.05, 3.63) is 24.3 Å². The molecule has 2 N–H and O–H groups in total. The average molecular weight is 210 g/mol. The van der Waals surface area contributed by atoms with Crippen LogP contribution >= 0.6 is 0 Å². The molecule has 0 aromatic heterocycles. The van der Waals surface area contributed by atoms with Crippen molar-refractivity contribution in [2.24, 2.45) is 17.3 Å². The van der Waals surface area contributed by atoms with E-state index in [9.17, 15) is 14.7 Å². The lowest BCUT2D eigenvalue weighted by Gasteiger charge is -2.35. The van der Waals surface area contributed by atoms with Gasteiger partial charge in [-0.1, -0.05) is 38.2 Å². The quantitative estimate of drug-likeness (QED) is 0.740. The summed E-state index contributed by atoms with van der Waals surface area (Å²) in [6.45, 7) is 3.43. The van der Waals surface area contributed by atoms with E-state index in [0.717, 1.165) is 0 Å². The summed E-state index contributed by atoms with van der Waals surface area (Å²) in [5.41, 5.74) is -1.33. The molecule has 4 nitrogen and oxygen atoms in total. The Kier molecular flexibility index (Phi) is 2.98. The first-order valence-electron chi connectivity index (χ1n) is 4.75. The third-order valence-corrected chi connectivity index (χ3v) is 2.89. The Morgan fingerprint density at radius 2 is 1.87 bits per heavy atom. The molecule has 82 valence electrons. The average Bonchev–Trinajstić information content (AvgIpc) is 2.16. The zero-order valence-corrected chi connectivity index (χ0v) is 8.68. The number of carboxylic acids is 2. The van der Waals surface area contributed by atoms with Gasteiger partial charge in [0.05, 0.1) is 5.92 Å². The second kappa shape index (κ2) is 3.88. The van der Waals surface area contributed by atoms with Gasteiger partial charge in [-0.25, -0.2) is 0 Å². The van der Waals surface area contributed by atoms with Gasteiger partial charge in [-0.15, -0.1) is 0 Å². The summed E-state index contributed by atoms with van der Waals surface area (Å²) in [5.74, 6) is -3.48. The highest BCUT2D eigenvalue weighted by molar-refractivity contribution is 5.87. The lowest BCUT2D eigenvalue weighted by Crippen LogP contribution is -2.45. The minimum absolute atomic E-state index is 0.280. The molecule has 1 aliphatic carbocycles. The molecule has 0 saturated carbocycles. The molecule has 0 fully saturated rings. The lowest BCUT2D eigenvalue weighted by molar-refractivity contribution is -0.159. The standard InChI is InChI=1S/C11H14O4/c1-7(2)11(10(14)15)6-4-3-5-8(11)9(12)13/h3-8H,1-2H3,(H,12,13)(H,14,15). The molecule has 0 spiro atoms. The molecule has 2 unspecified atom stereocenters. The fourth-order valence-electron chi connectivity index (χ4n) is 1.94. The molecule has 1 aliphatic rings. The number of carbonyl (C=O) groups is 2. The van der Waals surface area contributed by atoms with Crippen LogP contribution in [0.25, 0.3) is 0 Å². The fourth-order valence-corrected chi connectivity index (χ4v) is 1.94. The molecule has 0 radical (unpaired) electrons. The van der Waals surface area contributed by atoms with Crippen LogP contribution in [0.15, 0.2) is 24.3 Å². The summed E-state index contributed by atoms with van der Waals surface area (Å²) in [6, 6.07) is 0. The van der Waals surface area contributed by atoms with Crippen molar-refractivity contribution in [3.63, 3.8) is 0 Å². The number of carboxylic acid groups (broad SMARTS) is 2. The molecule has 0 heterocycles. The molecule has 0 aromatic rings. The van der Waals surface area contributed by atoms with Crippen molar-refractivity contribution in [1.82, 2.24) is 0 Å². The molecular formula is C11H14O4. The van der Waals surface area contributed by atoms with Crippen LogP contribution in [-0.2, 0) is 9.59 Å². The van der Waals surface area contributed by atoms with Crippen LogP contribution in [0.1, 0.15) is 13.8 Å². The van der Waals surface area contributed by atoms with Crippen molar-refractivity contribution in [2.75, 3.05) is 0 Å². The van der Waals surface area contributed by atoms with Crippen LogP contribution in [-0.4, -0.2) is 22.2 Å². The maximum absolute atomic E-state index is 11.3. The van der Waals surface area contributed by atoms with Crippen LogP contribution < -0.4 is 0 Å². The topological polar surface area (TPSA) is 74.6 Å². The highest BCUT2D eigenvalue weighted by Crippen LogP contribution is 2.41. The van der Waals surface area contributed by atoms with Gasteiger partial charge in [0.1, 0.15) is 5.41 Å². The first kappa shape index (κ1) is 11.5. The van der Waals surface area contributed by atoms with E-state index in [4.69, 9.17) is 5.11 Å². The maximum Gasteiger partial charge on any atom is 0.314 e. The van der Waals surface area contributed by atoms with Gasteiger partial charge >= 0.3 is 11.9 Å². The minimum Gasteiger partial charge on any atom is -0.481 e. The Morgan fingerprint density at radius 3 is 2.20 bits per heavy atom. The van der Waals surface area contributed by atoms with Gasteiger partial charge < -0.3 is 10.2 Å². The summed E-state index contributed by atoms with van der Waals surface area (Å²) in [6.07, 6.45) is 6.06. The van der Waals surface area contributed by atoms with Crippen molar-refractivity contribution in [3.8, 4) is 0 Å². The Balaban J connectivity index is 3.26. The number of hydrogen-bond acceptors (Lipinski definition) is 2. The predicted octanol–water partition coefficient (Wildman–Crippen LogP) is 1.54. The number of hydrogen-bond donors (Lipinski definition) is 2. The largest absolute Gasteiger partial charge is 0.481 e. The normalized spacial score (nSPS) is 29.4. The smallest absolute Gasteiger partial charge is 0.314 e. The summed E-state index contributed by atoms with van der Waals surface area (Å²) in [5, 5.41) is 18.3. The van der Waals surface area contributed by atoms with Crippen molar-refractivity contribution in [2.45, 2.75) is 13.8 Å². The van der Waals surface area contributed by atoms with Gasteiger partial charge in [0.2, 0.25) is 0 Å². The fraction of sp³-hybridized carbons (Fsp3) is 0.455. The van der Waals surface area contributed by atoms with Crippen LogP contribution in [0, 0.1) is 17.3 Å². The Morgan fingerprint density at radius 1 is 1.27 bits per heavy atom. The highest BCUT2D eigenvalue weighted by atomic mass is 16.4. The third-order valence-electron chi connectivity index (χ3n) is 2.89. The van der Waals surface area contributed by atoms with Crippen molar-refractivity contribution in [1.29, 1.82) is 0 Å². The SMILES string of the molecule is CC(C)C1(C(=O)O)C=CC=CC1C(=O)O. The van der Waals surface area contributed by atoms with E-state index >= 15 is 0 Å². The van der Waals surface area contributed by atoms with E-state index < -0.39 is 23.3 Å². The van der Waals surface area contributed by atoms with Crippen LogP contribution in [0.4, 0.5) is 0 Å². The van der Waals surface area contributed by atoms with Gasteiger partial charge in [-0.3, -0.25) is 9.59 Å². The van der Waals surface area contributed by atoms with E-state index in [2.05, 4.69) is 0 Å². The van der Waals surface area contributed by atoms with Crippen molar-refractivity contribution >= 4 is 11.9 Å². The van der Waals surface area contributed by atoms with Crippen LogP contribution in [0.5, 0.6) is 0 Å². The van der Waals surface area contributed by atoms with E-state index in [1.165, 1.54) is 12.2 Å². The van der Waals surface area contributed by atoms with Crippen LogP contribution in [0.3, 0.4) is 0 Å². The zero-order chi connectivity index (χ0) is 11.6. The lowest BCUT2D eigenvalue weighted by atomic mass is 9.65. The van der Waals surface area contributed by atoms with Crippen LogP contribution in [0.2, 0.25) is 0 Å². The van der Waals surface area contributed by atoms with E-state index in [1.807, 2.05) is 0 Å². The predicted molar refractivity (Wildman–Crippen MR) is 54.3 cm³/mol. The van der Waals surface area contributed by atoms with E-state index in [0.29, 0.717) is 0 Å². The zero-order valence-electron chi connectivity index (χ0n) is 8.68. The molecule has 1 rings (SSSR count). The Labute approximate surface area is 87.9 Å². The first-order valence-corrected chi connectivity index (χ1v) is 4.75. The van der Waals surface area contributed by atoms with E-state index in [1.54, 1.807) is 26.0 Å². The monoisotopic (exact) mass is 210 g/mol. The molecule has 0 aliphatic heterocycles. The minimum atomic E-state index is -1.33. The summed E-state index contributed by atoms with van der Waals surface area (Å²) >= 11 is 0.